The lowest BCUT2D eigenvalue weighted by atomic mass is 10.00. The summed E-state index contributed by atoms with van der Waals surface area (Å²) < 4.78 is 0. The Morgan fingerprint density at radius 1 is 1.70 bits per heavy atom. The Balaban J connectivity index is 2.16. The smallest absolute Gasteiger partial charge is 0.207 e. The summed E-state index contributed by atoms with van der Waals surface area (Å²) in [4.78, 5) is 10.2. The molecule has 0 heterocycles. The minimum atomic E-state index is 0.0619. The average molecular weight is 137 g/mol. The Kier molecular flexibility index (Phi) is 1.10. The molecule has 0 saturated heterocycles. The highest BCUT2D eigenvalue weighted by molar-refractivity contribution is 5.50. The largest absolute Gasteiger partial charge is 0.350 e. The number of hydrogen-bond donors (Lipinski definition) is 1. The van der Waals surface area contributed by atoms with Crippen molar-refractivity contribution in [3.63, 3.8) is 0 Å². The van der Waals surface area contributed by atoms with Crippen molar-refractivity contribution in [1.29, 1.82) is 0 Å². The van der Waals surface area contributed by atoms with E-state index in [9.17, 15) is 4.79 Å². The van der Waals surface area contributed by atoms with E-state index in [0.29, 0.717) is 0 Å². The molecule has 1 saturated carbocycles. The first-order chi connectivity index (χ1) is 4.85. The molecule has 1 N–H and O–H groups in total. The van der Waals surface area contributed by atoms with Crippen LogP contribution >= 0.6 is 0 Å². The van der Waals surface area contributed by atoms with Crippen LogP contribution in [0.2, 0.25) is 0 Å². The molecule has 2 heteroatoms. The van der Waals surface area contributed by atoms with Crippen LogP contribution in [0.3, 0.4) is 0 Å². The van der Waals surface area contributed by atoms with Gasteiger partial charge in [-0.1, -0.05) is 12.2 Å². The van der Waals surface area contributed by atoms with Crippen LogP contribution in [-0.4, -0.2) is 11.9 Å². The summed E-state index contributed by atoms with van der Waals surface area (Å²) in [6.07, 6.45) is 8.70. The van der Waals surface area contributed by atoms with E-state index in [1.54, 1.807) is 0 Å². The van der Waals surface area contributed by atoms with E-state index in [0.717, 1.165) is 25.2 Å². The number of hydrogen-bond acceptors (Lipinski definition) is 1. The molecule has 54 valence electrons. The molecule has 0 aromatic carbocycles. The fraction of sp³-hybridized carbons (Fsp3) is 0.625. The van der Waals surface area contributed by atoms with Crippen LogP contribution in [0, 0.1) is 5.92 Å². The van der Waals surface area contributed by atoms with Crippen molar-refractivity contribution < 1.29 is 4.79 Å². The van der Waals surface area contributed by atoms with Gasteiger partial charge in [0.2, 0.25) is 6.41 Å². The molecular formula is C8H11NO. The second-order valence-corrected chi connectivity index (χ2v) is 3.28. The Morgan fingerprint density at radius 3 is 3.00 bits per heavy atom. The third-order valence-electron chi connectivity index (χ3n) is 2.62. The number of carbonyl (C=O) groups is 1. The van der Waals surface area contributed by atoms with Crippen molar-refractivity contribution >= 4 is 6.41 Å². The zero-order valence-electron chi connectivity index (χ0n) is 5.84. The molecule has 1 amide bonds. The van der Waals surface area contributed by atoms with Gasteiger partial charge in [-0.25, -0.2) is 0 Å². The summed E-state index contributed by atoms with van der Waals surface area (Å²) in [6.45, 7) is 0. The molecule has 2 aliphatic rings. The average Bonchev–Trinajstić information content (AvgIpc) is 2.46. The lowest BCUT2D eigenvalue weighted by Crippen LogP contribution is -2.38. The van der Waals surface area contributed by atoms with Gasteiger partial charge in [0.25, 0.3) is 0 Å². The Bertz CT molecular complexity index is 188. The number of rotatable bonds is 2. The third-order valence-corrected chi connectivity index (χ3v) is 2.62. The van der Waals surface area contributed by atoms with Crippen molar-refractivity contribution in [3.8, 4) is 0 Å². The van der Waals surface area contributed by atoms with Gasteiger partial charge in [-0.2, -0.15) is 0 Å². The Hall–Kier alpha value is -0.790. The molecule has 2 unspecified atom stereocenters. The molecule has 10 heavy (non-hydrogen) atoms. The molecule has 2 rings (SSSR count). The minimum Gasteiger partial charge on any atom is -0.350 e. The summed E-state index contributed by atoms with van der Waals surface area (Å²) in [5, 5.41) is 2.88. The monoisotopic (exact) mass is 137 g/mol. The van der Waals surface area contributed by atoms with Gasteiger partial charge < -0.3 is 5.32 Å². The van der Waals surface area contributed by atoms with Crippen LogP contribution < -0.4 is 5.32 Å². The van der Waals surface area contributed by atoms with E-state index in [4.69, 9.17) is 0 Å². The van der Waals surface area contributed by atoms with Gasteiger partial charge in [0.1, 0.15) is 0 Å². The van der Waals surface area contributed by atoms with Gasteiger partial charge in [-0.3, -0.25) is 4.79 Å². The number of fused-ring (bicyclic) bond motifs is 2. The predicted octanol–water partition coefficient (Wildman–Crippen LogP) is 0.841. The highest BCUT2D eigenvalue weighted by atomic mass is 16.1. The quantitative estimate of drug-likeness (QED) is 0.443. The van der Waals surface area contributed by atoms with Crippen LogP contribution in [0.5, 0.6) is 0 Å². The maximum atomic E-state index is 10.2. The molecule has 0 aliphatic heterocycles. The van der Waals surface area contributed by atoms with Gasteiger partial charge in [0, 0.05) is 0 Å². The van der Waals surface area contributed by atoms with Gasteiger partial charge in [-0.05, 0) is 25.2 Å². The minimum absolute atomic E-state index is 0.0619. The summed E-state index contributed by atoms with van der Waals surface area (Å²) in [5.74, 6) is 0.743. The van der Waals surface area contributed by atoms with Crippen molar-refractivity contribution in [2.75, 3.05) is 0 Å². The molecule has 2 aliphatic carbocycles. The summed E-state index contributed by atoms with van der Waals surface area (Å²) in [5.41, 5.74) is 0.0619. The first kappa shape index (κ1) is 5.96. The van der Waals surface area contributed by atoms with Crippen molar-refractivity contribution in [1.82, 2.24) is 5.32 Å². The fourth-order valence-electron chi connectivity index (χ4n) is 2.05. The van der Waals surface area contributed by atoms with E-state index in [1.807, 2.05) is 0 Å². The zero-order valence-corrected chi connectivity index (χ0v) is 5.84. The summed E-state index contributed by atoms with van der Waals surface area (Å²) in [6, 6.07) is 0. The second-order valence-electron chi connectivity index (χ2n) is 3.28. The Labute approximate surface area is 60.3 Å². The SMILES string of the molecule is O=CNC12C=CC(CC1)C2. The second kappa shape index (κ2) is 1.84. The van der Waals surface area contributed by atoms with Gasteiger partial charge >= 0.3 is 0 Å². The van der Waals surface area contributed by atoms with Crippen LogP contribution in [0.25, 0.3) is 0 Å². The molecule has 0 radical (unpaired) electrons. The molecular weight excluding hydrogens is 126 g/mol. The topological polar surface area (TPSA) is 29.1 Å². The number of nitrogens with one attached hydrogen (secondary N) is 1. The summed E-state index contributed by atoms with van der Waals surface area (Å²) >= 11 is 0. The van der Waals surface area contributed by atoms with Crippen LogP contribution in [-0.2, 0) is 4.79 Å². The van der Waals surface area contributed by atoms with E-state index >= 15 is 0 Å². The highest BCUT2D eigenvalue weighted by Gasteiger charge is 2.39. The zero-order chi connectivity index (χ0) is 7.03. The number of amides is 1. The molecule has 2 atom stereocenters. The van der Waals surface area contributed by atoms with E-state index < -0.39 is 0 Å². The van der Waals surface area contributed by atoms with Crippen molar-refractivity contribution in [2.24, 2.45) is 5.92 Å². The number of allylic oxidation sites excluding steroid dienone is 1. The predicted molar refractivity (Wildman–Crippen MR) is 38.4 cm³/mol. The van der Waals surface area contributed by atoms with Crippen molar-refractivity contribution in [2.45, 2.75) is 24.8 Å². The maximum absolute atomic E-state index is 10.2. The van der Waals surface area contributed by atoms with Crippen LogP contribution in [0.4, 0.5) is 0 Å². The molecule has 0 aromatic heterocycles. The highest BCUT2D eigenvalue weighted by Crippen LogP contribution is 2.41. The molecule has 2 nitrogen and oxygen atoms in total. The van der Waals surface area contributed by atoms with Crippen LogP contribution in [0.15, 0.2) is 12.2 Å². The molecule has 0 aromatic rings. The maximum Gasteiger partial charge on any atom is 0.207 e. The number of carbonyl (C=O) groups excluding carboxylic acids is 1. The standard InChI is InChI=1S/C8H11NO/c10-6-9-8-3-1-7(5-8)2-4-8/h1,3,6-7H,2,4-5H2,(H,9,10). The lowest BCUT2D eigenvalue weighted by Gasteiger charge is -2.21. The van der Waals surface area contributed by atoms with E-state index in [2.05, 4.69) is 17.5 Å². The summed E-state index contributed by atoms with van der Waals surface area (Å²) in [7, 11) is 0. The molecule has 1 fully saturated rings. The van der Waals surface area contributed by atoms with Gasteiger partial charge in [-0.15, -0.1) is 0 Å². The van der Waals surface area contributed by atoms with Gasteiger partial charge in [0.15, 0.2) is 0 Å². The normalized spacial score (nSPS) is 42.2. The third kappa shape index (κ3) is 0.681. The molecule has 0 spiro atoms. The first-order valence-corrected chi connectivity index (χ1v) is 3.75. The van der Waals surface area contributed by atoms with Crippen molar-refractivity contribution in [3.05, 3.63) is 12.2 Å². The fourth-order valence-corrected chi connectivity index (χ4v) is 2.05. The van der Waals surface area contributed by atoms with Gasteiger partial charge in [0.05, 0.1) is 5.54 Å². The van der Waals surface area contributed by atoms with E-state index in [-0.39, 0.29) is 5.54 Å². The molecule has 2 bridgehead atoms. The Morgan fingerprint density at radius 2 is 2.60 bits per heavy atom. The lowest BCUT2D eigenvalue weighted by molar-refractivity contribution is -0.110. The first-order valence-electron chi connectivity index (χ1n) is 3.75. The van der Waals surface area contributed by atoms with Crippen LogP contribution in [0.1, 0.15) is 19.3 Å². The van der Waals surface area contributed by atoms with E-state index in [1.165, 1.54) is 6.42 Å².